The summed E-state index contributed by atoms with van der Waals surface area (Å²) in [6.45, 7) is 6.65. The van der Waals surface area contributed by atoms with Gasteiger partial charge in [-0.1, -0.05) is 0 Å². The zero-order valence-corrected chi connectivity index (χ0v) is 11.6. The first-order valence-corrected chi connectivity index (χ1v) is 6.41. The van der Waals surface area contributed by atoms with Crippen molar-refractivity contribution in [2.45, 2.75) is 51.2 Å². The summed E-state index contributed by atoms with van der Waals surface area (Å²) in [7, 11) is 0. The summed E-state index contributed by atoms with van der Waals surface area (Å²) in [5, 5.41) is 6.58. The van der Waals surface area contributed by atoms with Crippen LogP contribution in [0.5, 0.6) is 0 Å². The molecular weight excluding hydrogens is 238 g/mol. The molecule has 2 saturated heterocycles. The lowest BCUT2D eigenvalue weighted by Crippen LogP contribution is -2.43. The van der Waals surface area contributed by atoms with Gasteiger partial charge in [0.25, 0.3) is 0 Å². The lowest BCUT2D eigenvalue weighted by atomic mass is 10.1. The summed E-state index contributed by atoms with van der Waals surface area (Å²) in [5.74, 6) is 0.160. The molecule has 100 valence electrons. The van der Waals surface area contributed by atoms with E-state index in [4.69, 9.17) is 0 Å². The van der Waals surface area contributed by atoms with Crippen molar-refractivity contribution >= 4 is 18.3 Å². The second-order valence-corrected chi connectivity index (χ2v) is 5.38. The number of hydrogen-bond donors (Lipinski definition) is 2. The number of likely N-dealkylation sites (tertiary alicyclic amines) is 1. The van der Waals surface area contributed by atoms with E-state index < -0.39 is 0 Å². The minimum absolute atomic E-state index is 0. The first kappa shape index (κ1) is 14.7. The van der Waals surface area contributed by atoms with E-state index in [1.165, 1.54) is 19.3 Å². The van der Waals surface area contributed by atoms with Gasteiger partial charge < -0.3 is 10.6 Å². The van der Waals surface area contributed by atoms with E-state index in [9.17, 15) is 4.79 Å². The van der Waals surface area contributed by atoms with Gasteiger partial charge in [0.15, 0.2) is 0 Å². The van der Waals surface area contributed by atoms with Crippen molar-refractivity contribution in [1.82, 2.24) is 15.5 Å². The maximum Gasteiger partial charge on any atom is 0.234 e. The molecule has 0 saturated carbocycles. The number of carbonyl (C=O) groups excluding carboxylic acids is 1. The number of fused-ring (bicyclic) bond motifs is 2. The van der Waals surface area contributed by atoms with E-state index in [1.54, 1.807) is 0 Å². The van der Waals surface area contributed by atoms with Crippen LogP contribution in [0.15, 0.2) is 0 Å². The van der Waals surface area contributed by atoms with Crippen molar-refractivity contribution in [1.29, 1.82) is 0 Å². The summed E-state index contributed by atoms with van der Waals surface area (Å²) in [6.07, 6.45) is 3.77. The minimum Gasteiger partial charge on any atom is -0.353 e. The number of rotatable bonds is 3. The molecule has 2 N–H and O–H groups in total. The molecule has 17 heavy (non-hydrogen) atoms. The van der Waals surface area contributed by atoms with E-state index in [0.29, 0.717) is 18.6 Å². The van der Waals surface area contributed by atoms with Crippen LogP contribution in [0.4, 0.5) is 0 Å². The highest BCUT2D eigenvalue weighted by Crippen LogP contribution is 2.19. The lowest BCUT2D eigenvalue weighted by Gasteiger charge is -2.23. The Morgan fingerprint density at radius 2 is 2.06 bits per heavy atom. The largest absolute Gasteiger partial charge is 0.353 e. The monoisotopic (exact) mass is 261 g/mol. The van der Waals surface area contributed by atoms with Crippen LogP contribution >= 0.6 is 12.4 Å². The Balaban J connectivity index is 0.00000144. The lowest BCUT2D eigenvalue weighted by molar-refractivity contribution is -0.122. The van der Waals surface area contributed by atoms with Gasteiger partial charge in [-0.05, 0) is 33.1 Å². The Labute approximate surface area is 110 Å². The van der Waals surface area contributed by atoms with Gasteiger partial charge in [0, 0.05) is 31.2 Å². The molecule has 1 amide bonds. The van der Waals surface area contributed by atoms with Gasteiger partial charge in [-0.3, -0.25) is 9.69 Å². The highest BCUT2D eigenvalue weighted by atomic mass is 35.5. The summed E-state index contributed by atoms with van der Waals surface area (Å²) in [4.78, 5) is 14.0. The van der Waals surface area contributed by atoms with Crippen molar-refractivity contribution in [2.75, 3.05) is 19.6 Å². The summed E-state index contributed by atoms with van der Waals surface area (Å²) in [5.41, 5.74) is 0. The SMILES string of the molecule is CC(C)NC(=O)CN1CCC2CCC(C1)N2.Cl. The molecule has 5 heteroatoms. The smallest absolute Gasteiger partial charge is 0.234 e. The quantitative estimate of drug-likeness (QED) is 0.789. The fourth-order valence-electron chi connectivity index (χ4n) is 2.73. The molecular formula is C12H24ClN3O. The Morgan fingerprint density at radius 3 is 2.76 bits per heavy atom. The Morgan fingerprint density at radius 1 is 1.35 bits per heavy atom. The van der Waals surface area contributed by atoms with Crippen LogP contribution in [0, 0.1) is 0 Å². The average molecular weight is 262 g/mol. The molecule has 0 radical (unpaired) electrons. The summed E-state index contributed by atoms with van der Waals surface area (Å²) >= 11 is 0. The number of carbonyl (C=O) groups is 1. The predicted molar refractivity (Wildman–Crippen MR) is 71.5 cm³/mol. The number of amides is 1. The fraction of sp³-hybridized carbons (Fsp3) is 0.917. The topological polar surface area (TPSA) is 44.4 Å². The third-order valence-corrected chi connectivity index (χ3v) is 3.42. The van der Waals surface area contributed by atoms with Gasteiger partial charge in [-0.25, -0.2) is 0 Å². The molecule has 0 aromatic carbocycles. The first-order valence-electron chi connectivity index (χ1n) is 6.41. The number of nitrogens with one attached hydrogen (secondary N) is 2. The first-order chi connectivity index (χ1) is 7.63. The zero-order valence-electron chi connectivity index (χ0n) is 10.7. The maximum atomic E-state index is 11.7. The van der Waals surface area contributed by atoms with Gasteiger partial charge in [0.2, 0.25) is 5.91 Å². The molecule has 2 bridgehead atoms. The maximum absolute atomic E-state index is 11.7. The van der Waals surface area contributed by atoms with E-state index >= 15 is 0 Å². The fourth-order valence-corrected chi connectivity index (χ4v) is 2.73. The Bertz CT molecular complexity index is 260. The van der Waals surface area contributed by atoms with Gasteiger partial charge in [0.05, 0.1) is 6.54 Å². The van der Waals surface area contributed by atoms with Crippen LogP contribution in [-0.4, -0.2) is 48.6 Å². The van der Waals surface area contributed by atoms with E-state index in [1.807, 2.05) is 13.8 Å². The second kappa shape index (κ2) is 6.57. The molecule has 2 aliphatic rings. The number of nitrogens with zero attached hydrogens (tertiary/aromatic N) is 1. The van der Waals surface area contributed by atoms with Crippen molar-refractivity contribution in [3.8, 4) is 0 Å². The van der Waals surface area contributed by atoms with Crippen molar-refractivity contribution in [3.63, 3.8) is 0 Å². The minimum atomic E-state index is 0. The molecule has 4 nitrogen and oxygen atoms in total. The molecule has 0 aromatic heterocycles. The van der Waals surface area contributed by atoms with E-state index in [2.05, 4.69) is 15.5 Å². The molecule has 0 aromatic rings. The zero-order chi connectivity index (χ0) is 11.5. The molecule has 2 unspecified atom stereocenters. The summed E-state index contributed by atoms with van der Waals surface area (Å²) in [6, 6.07) is 1.55. The molecule has 2 rings (SSSR count). The van der Waals surface area contributed by atoms with Crippen molar-refractivity contribution in [3.05, 3.63) is 0 Å². The summed E-state index contributed by atoms with van der Waals surface area (Å²) < 4.78 is 0. The van der Waals surface area contributed by atoms with Crippen LogP contribution in [0.25, 0.3) is 0 Å². The molecule has 0 aliphatic carbocycles. The predicted octanol–water partition coefficient (Wildman–Crippen LogP) is 0.759. The van der Waals surface area contributed by atoms with Crippen molar-refractivity contribution < 1.29 is 4.79 Å². The standard InChI is InChI=1S/C12H23N3O.ClH/c1-9(2)13-12(16)8-15-6-5-10-3-4-11(7-15)14-10;/h9-11,14H,3-8H2,1-2H3,(H,13,16);1H. The number of hydrogen-bond acceptors (Lipinski definition) is 3. The van der Waals surface area contributed by atoms with Gasteiger partial charge in [-0.15, -0.1) is 12.4 Å². The van der Waals surface area contributed by atoms with Crippen LogP contribution < -0.4 is 10.6 Å². The number of halogens is 1. The Kier molecular flexibility index (Phi) is 5.70. The van der Waals surface area contributed by atoms with Crippen LogP contribution in [0.2, 0.25) is 0 Å². The third-order valence-electron chi connectivity index (χ3n) is 3.42. The molecule has 2 atom stereocenters. The average Bonchev–Trinajstić information content (AvgIpc) is 2.49. The van der Waals surface area contributed by atoms with Crippen LogP contribution in [0.3, 0.4) is 0 Å². The van der Waals surface area contributed by atoms with Gasteiger partial charge >= 0.3 is 0 Å². The van der Waals surface area contributed by atoms with Crippen LogP contribution in [0.1, 0.15) is 33.1 Å². The molecule has 2 heterocycles. The van der Waals surface area contributed by atoms with Gasteiger partial charge in [-0.2, -0.15) is 0 Å². The van der Waals surface area contributed by atoms with E-state index in [-0.39, 0.29) is 24.4 Å². The highest BCUT2D eigenvalue weighted by Gasteiger charge is 2.29. The van der Waals surface area contributed by atoms with Crippen LogP contribution in [-0.2, 0) is 4.79 Å². The third kappa shape index (κ3) is 4.45. The normalized spacial score (nSPS) is 28.6. The Hall–Kier alpha value is -0.320. The molecule has 2 aliphatic heterocycles. The molecule has 0 spiro atoms. The molecule has 2 fully saturated rings. The highest BCUT2D eigenvalue weighted by molar-refractivity contribution is 5.85. The second-order valence-electron chi connectivity index (χ2n) is 5.38. The van der Waals surface area contributed by atoms with Gasteiger partial charge in [0.1, 0.15) is 0 Å². The van der Waals surface area contributed by atoms with E-state index in [0.717, 1.165) is 13.1 Å². The van der Waals surface area contributed by atoms with Crippen molar-refractivity contribution in [2.24, 2.45) is 0 Å².